The maximum atomic E-state index is 13.4. The summed E-state index contributed by atoms with van der Waals surface area (Å²) in [5.74, 6) is 0.343. The van der Waals surface area contributed by atoms with Crippen molar-refractivity contribution in [2.24, 2.45) is 0 Å². The fourth-order valence-corrected chi connectivity index (χ4v) is 4.37. The van der Waals surface area contributed by atoms with Gasteiger partial charge in [-0.25, -0.2) is 9.97 Å². The molecule has 7 nitrogen and oxygen atoms in total. The number of likely N-dealkylation sites (tertiary alicyclic amines) is 1. The monoisotopic (exact) mass is 414 g/mol. The van der Waals surface area contributed by atoms with Crippen molar-refractivity contribution in [1.82, 2.24) is 19.4 Å². The van der Waals surface area contributed by atoms with Crippen molar-refractivity contribution in [3.63, 3.8) is 0 Å². The van der Waals surface area contributed by atoms with E-state index in [4.69, 9.17) is 4.98 Å². The Bertz CT molecular complexity index is 1350. The van der Waals surface area contributed by atoms with Gasteiger partial charge in [-0.05, 0) is 37.1 Å². The van der Waals surface area contributed by atoms with E-state index in [9.17, 15) is 14.7 Å². The van der Waals surface area contributed by atoms with Crippen molar-refractivity contribution >= 4 is 27.7 Å². The summed E-state index contributed by atoms with van der Waals surface area (Å²) in [6, 6.07) is 18.2. The minimum Gasteiger partial charge on any atom is -0.395 e. The summed E-state index contributed by atoms with van der Waals surface area (Å²) in [5, 5.41) is 11.0. The van der Waals surface area contributed by atoms with Gasteiger partial charge in [0.2, 0.25) is 0 Å². The number of nitrogens with zero attached hydrogens (tertiary/aromatic N) is 4. The minimum absolute atomic E-state index is 0.138. The number of hydrogen-bond acceptors (Lipinski definition) is 5. The number of aliphatic hydroxyl groups excluding tert-OH is 1. The lowest BCUT2D eigenvalue weighted by Crippen LogP contribution is -2.36. The van der Waals surface area contributed by atoms with E-state index in [0.29, 0.717) is 35.4 Å². The Hall–Kier alpha value is -3.58. The largest absolute Gasteiger partial charge is 0.395 e. The zero-order chi connectivity index (χ0) is 21.4. The lowest BCUT2D eigenvalue weighted by Gasteiger charge is -2.26. The van der Waals surface area contributed by atoms with E-state index in [1.807, 2.05) is 36.4 Å². The van der Waals surface area contributed by atoms with Gasteiger partial charge < -0.3 is 10.0 Å². The van der Waals surface area contributed by atoms with E-state index in [1.54, 1.807) is 29.2 Å². The maximum Gasteiger partial charge on any atom is 0.273 e. The van der Waals surface area contributed by atoms with Gasteiger partial charge in [-0.1, -0.05) is 36.4 Å². The van der Waals surface area contributed by atoms with Crippen molar-refractivity contribution in [3.8, 4) is 0 Å². The minimum atomic E-state index is -0.343. The number of rotatable bonds is 4. The molecule has 31 heavy (non-hydrogen) atoms. The highest BCUT2D eigenvalue weighted by Crippen LogP contribution is 2.32. The number of aliphatic hydroxyl groups is 1. The van der Waals surface area contributed by atoms with Gasteiger partial charge in [-0.3, -0.25) is 14.2 Å². The third-order valence-electron chi connectivity index (χ3n) is 5.84. The second-order valence-electron chi connectivity index (χ2n) is 7.71. The average Bonchev–Trinajstić information content (AvgIpc) is 3.30. The smallest absolute Gasteiger partial charge is 0.273 e. The SMILES string of the molecule is O=C(c1ccc2ccccc2n1)N1CCCC1c1nc2ccccc2c(=O)n1CCO. The lowest BCUT2D eigenvalue weighted by atomic mass is 10.1. The number of carbonyl (C=O) groups excluding carboxylic acids is 1. The molecule has 5 rings (SSSR count). The van der Waals surface area contributed by atoms with Gasteiger partial charge in [0.05, 0.1) is 35.6 Å². The molecule has 1 fully saturated rings. The van der Waals surface area contributed by atoms with Crippen molar-refractivity contribution in [3.05, 3.63) is 82.5 Å². The number of pyridine rings is 1. The van der Waals surface area contributed by atoms with Crippen LogP contribution in [0.1, 0.15) is 35.2 Å². The average molecular weight is 414 g/mol. The van der Waals surface area contributed by atoms with Crippen LogP contribution in [0.2, 0.25) is 0 Å². The van der Waals surface area contributed by atoms with Gasteiger partial charge in [-0.15, -0.1) is 0 Å². The van der Waals surface area contributed by atoms with Crippen LogP contribution in [0.3, 0.4) is 0 Å². The fraction of sp³-hybridized carbons (Fsp3) is 0.250. The van der Waals surface area contributed by atoms with E-state index in [0.717, 1.165) is 17.3 Å². The molecule has 156 valence electrons. The summed E-state index contributed by atoms with van der Waals surface area (Å²) in [6.45, 7) is 0.526. The summed E-state index contributed by atoms with van der Waals surface area (Å²) in [5.41, 5.74) is 1.55. The zero-order valence-corrected chi connectivity index (χ0v) is 16.9. The molecule has 4 aromatic rings. The Morgan fingerprint density at radius 3 is 2.61 bits per heavy atom. The number of para-hydroxylation sites is 2. The number of hydrogen-bond donors (Lipinski definition) is 1. The van der Waals surface area contributed by atoms with Crippen LogP contribution in [0.4, 0.5) is 0 Å². The van der Waals surface area contributed by atoms with Crippen LogP contribution in [0, 0.1) is 0 Å². The molecule has 0 bridgehead atoms. The van der Waals surface area contributed by atoms with Crippen LogP contribution in [0.5, 0.6) is 0 Å². The number of amides is 1. The first kappa shape index (κ1) is 19.4. The van der Waals surface area contributed by atoms with Crippen molar-refractivity contribution in [2.75, 3.05) is 13.2 Å². The van der Waals surface area contributed by atoms with E-state index in [-0.39, 0.29) is 30.7 Å². The highest BCUT2D eigenvalue weighted by atomic mass is 16.3. The molecule has 1 amide bonds. The predicted octanol–water partition coefficient (Wildman–Crippen LogP) is 2.91. The van der Waals surface area contributed by atoms with Crippen LogP contribution in [0.25, 0.3) is 21.8 Å². The highest BCUT2D eigenvalue weighted by Gasteiger charge is 2.34. The Kier molecular flexibility index (Phi) is 4.95. The van der Waals surface area contributed by atoms with Crippen LogP contribution >= 0.6 is 0 Å². The van der Waals surface area contributed by atoms with E-state index in [1.165, 1.54) is 4.57 Å². The third kappa shape index (κ3) is 3.37. The standard InChI is InChI=1S/C24H22N4O3/c29-15-14-28-22(26-19-9-4-2-7-17(19)23(28)30)21-10-5-13-27(21)24(31)20-12-11-16-6-1-3-8-18(16)25-20/h1-4,6-9,11-12,21,29H,5,10,13-15H2. The Labute approximate surface area is 178 Å². The highest BCUT2D eigenvalue weighted by molar-refractivity contribution is 5.95. The number of fused-ring (bicyclic) bond motifs is 2. The molecule has 1 saturated heterocycles. The predicted molar refractivity (Wildman–Crippen MR) is 118 cm³/mol. The van der Waals surface area contributed by atoms with Gasteiger partial charge in [0.15, 0.2) is 0 Å². The second-order valence-corrected chi connectivity index (χ2v) is 7.71. The summed E-state index contributed by atoms with van der Waals surface area (Å²) < 4.78 is 1.51. The van der Waals surface area contributed by atoms with Crippen molar-refractivity contribution in [1.29, 1.82) is 0 Å². The molecule has 1 aliphatic heterocycles. The first-order valence-corrected chi connectivity index (χ1v) is 10.4. The fourth-order valence-electron chi connectivity index (χ4n) is 4.37. The molecule has 1 atom stereocenters. The van der Waals surface area contributed by atoms with E-state index >= 15 is 0 Å². The van der Waals surface area contributed by atoms with Gasteiger partial charge >= 0.3 is 0 Å². The van der Waals surface area contributed by atoms with Crippen LogP contribution in [0.15, 0.2) is 65.5 Å². The summed E-state index contributed by atoms with van der Waals surface area (Å²) in [7, 11) is 0. The molecule has 2 aromatic heterocycles. The summed E-state index contributed by atoms with van der Waals surface area (Å²) in [4.78, 5) is 37.5. The molecule has 7 heteroatoms. The Morgan fingerprint density at radius 1 is 1.00 bits per heavy atom. The normalized spacial score (nSPS) is 16.3. The van der Waals surface area contributed by atoms with Gasteiger partial charge in [0.25, 0.3) is 11.5 Å². The maximum absolute atomic E-state index is 13.4. The summed E-state index contributed by atoms with van der Waals surface area (Å²) >= 11 is 0. The zero-order valence-electron chi connectivity index (χ0n) is 16.9. The third-order valence-corrected chi connectivity index (χ3v) is 5.84. The molecule has 1 unspecified atom stereocenters. The number of carbonyl (C=O) groups is 1. The van der Waals surface area contributed by atoms with Gasteiger partial charge in [0.1, 0.15) is 11.5 Å². The van der Waals surface area contributed by atoms with Crippen molar-refractivity contribution in [2.45, 2.75) is 25.4 Å². The molecule has 1 aliphatic rings. The topological polar surface area (TPSA) is 88.3 Å². The first-order valence-electron chi connectivity index (χ1n) is 10.4. The Balaban J connectivity index is 1.58. The summed E-state index contributed by atoms with van der Waals surface area (Å²) in [6.07, 6.45) is 1.52. The molecule has 1 N–H and O–H groups in total. The molecule has 2 aromatic carbocycles. The lowest BCUT2D eigenvalue weighted by molar-refractivity contribution is 0.0720. The molecule has 0 saturated carbocycles. The number of benzene rings is 2. The molecular formula is C24H22N4O3. The van der Waals surface area contributed by atoms with Gasteiger partial charge in [0, 0.05) is 11.9 Å². The first-order chi connectivity index (χ1) is 15.2. The molecule has 0 spiro atoms. The van der Waals surface area contributed by atoms with E-state index in [2.05, 4.69) is 4.98 Å². The second kappa shape index (κ2) is 7.92. The Morgan fingerprint density at radius 2 is 1.77 bits per heavy atom. The molecule has 0 aliphatic carbocycles. The molecular weight excluding hydrogens is 392 g/mol. The van der Waals surface area contributed by atoms with Gasteiger partial charge in [-0.2, -0.15) is 0 Å². The van der Waals surface area contributed by atoms with Crippen LogP contribution in [-0.2, 0) is 6.54 Å². The molecule has 3 heterocycles. The molecule has 0 radical (unpaired) electrons. The van der Waals surface area contributed by atoms with Crippen LogP contribution in [-0.4, -0.2) is 43.6 Å². The van der Waals surface area contributed by atoms with Crippen LogP contribution < -0.4 is 5.56 Å². The number of aromatic nitrogens is 3. The van der Waals surface area contributed by atoms with Crippen molar-refractivity contribution < 1.29 is 9.90 Å². The van der Waals surface area contributed by atoms with E-state index < -0.39 is 0 Å². The quantitative estimate of drug-likeness (QED) is 0.555.